The first-order chi connectivity index (χ1) is 12.3. The molecule has 1 aliphatic heterocycles. The number of likely N-dealkylation sites (tertiary alicyclic amines) is 1. The molecule has 1 aromatic heterocycles. The summed E-state index contributed by atoms with van der Waals surface area (Å²) in [5, 5.41) is 7.55. The minimum Gasteiger partial charge on any atom is -0.377 e. The summed E-state index contributed by atoms with van der Waals surface area (Å²) in [5.41, 5.74) is 2.00. The van der Waals surface area contributed by atoms with Crippen molar-refractivity contribution < 1.29 is 9.53 Å². The van der Waals surface area contributed by atoms with Crippen LogP contribution in [0, 0.1) is 0 Å². The van der Waals surface area contributed by atoms with Gasteiger partial charge in [-0.2, -0.15) is 5.10 Å². The van der Waals surface area contributed by atoms with Crippen molar-refractivity contribution in [1.82, 2.24) is 20.0 Å². The lowest BCUT2D eigenvalue weighted by Crippen LogP contribution is -2.48. The molecule has 1 saturated heterocycles. The Morgan fingerprint density at radius 2 is 2.16 bits per heavy atom. The van der Waals surface area contributed by atoms with Crippen LogP contribution in [0.3, 0.4) is 0 Å². The zero-order valence-corrected chi connectivity index (χ0v) is 14.7. The number of hydrogen-bond donors (Lipinski definition) is 1. The van der Waals surface area contributed by atoms with Gasteiger partial charge in [0, 0.05) is 38.9 Å². The van der Waals surface area contributed by atoms with Gasteiger partial charge in [0.25, 0.3) is 0 Å². The van der Waals surface area contributed by atoms with Crippen LogP contribution in [-0.2, 0) is 11.2 Å². The van der Waals surface area contributed by atoms with Gasteiger partial charge in [-0.15, -0.1) is 0 Å². The van der Waals surface area contributed by atoms with Crippen molar-refractivity contribution in [3.05, 3.63) is 48.3 Å². The van der Waals surface area contributed by atoms with Crippen LogP contribution < -0.4 is 5.32 Å². The van der Waals surface area contributed by atoms with E-state index < -0.39 is 0 Å². The molecule has 2 amide bonds. The standard InChI is InChI=1S/C19H26N4O2/c1-2-25-18-9-6-13-22(15-18)19(24)20-12-10-16-11-14-23(21-16)17-7-4-3-5-8-17/h3-5,7-8,11,14,18H,2,6,9-10,12-13,15H2,1H3,(H,20,24)/t18-/m1/s1. The molecule has 1 aromatic carbocycles. The number of amides is 2. The van der Waals surface area contributed by atoms with Crippen molar-refractivity contribution in [3.8, 4) is 5.69 Å². The third kappa shape index (κ3) is 4.82. The Hall–Kier alpha value is -2.34. The summed E-state index contributed by atoms with van der Waals surface area (Å²) in [6.07, 6.45) is 4.87. The maximum Gasteiger partial charge on any atom is 0.317 e. The van der Waals surface area contributed by atoms with E-state index in [1.54, 1.807) is 0 Å². The highest BCUT2D eigenvalue weighted by Gasteiger charge is 2.23. The van der Waals surface area contributed by atoms with Gasteiger partial charge in [-0.3, -0.25) is 0 Å². The molecule has 0 aliphatic carbocycles. The zero-order valence-electron chi connectivity index (χ0n) is 14.7. The molecule has 0 saturated carbocycles. The molecular weight excluding hydrogens is 316 g/mol. The van der Waals surface area contributed by atoms with Crippen molar-refractivity contribution in [2.45, 2.75) is 32.3 Å². The van der Waals surface area contributed by atoms with Crippen molar-refractivity contribution in [1.29, 1.82) is 0 Å². The fourth-order valence-corrected chi connectivity index (χ4v) is 3.12. The summed E-state index contributed by atoms with van der Waals surface area (Å²) in [6, 6.07) is 12.0. The van der Waals surface area contributed by atoms with E-state index >= 15 is 0 Å². The summed E-state index contributed by atoms with van der Waals surface area (Å²) < 4.78 is 7.50. The molecule has 1 fully saturated rings. The number of hydrogen-bond acceptors (Lipinski definition) is 3. The first-order valence-corrected chi connectivity index (χ1v) is 9.00. The second-order valence-corrected chi connectivity index (χ2v) is 6.23. The van der Waals surface area contributed by atoms with Crippen LogP contribution in [-0.4, -0.2) is 53.1 Å². The van der Waals surface area contributed by atoms with Crippen LogP contribution in [0.15, 0.2) is 42.6 Å². The average Bonchev–Trinajstić information content (AvgIpc) is 3.12. The van der Waals surface area contributed by atoms with Crippen molar-refractivity contribution in [2.24, 2.45) is 0 Å². The highest BCUT2D eigenvalue weighted by molar-refractivity contribution is 5.74. The quantitative estimate of drug-likeness (QED) is 0.878. The Balaban J connectivity index is 1.45. The Morgan fingerprint density at radius 1 is 1.32 bits per heavy atom. The molecule has 25 heavy (non-hydrogen) atoms. The molecule has 0 spiro atoms. The molecule has 2 aromatic rings. The summed E-state index contributed by atoms with van der Waals surface area (Å²) in [7, 11) is 0. The largest absolute Gasteiger partial charge is 0.377 e. The number of benzene rings is 1. The van der Waals surface area contributed by atoms with Crippen molar-refractivity contribution in [3.63, 3.8) is 0 Å². The molecule has 6 nitrogen and oxygen atoms in total. The van der Waals surface area contributed by atoms with Crippen LogP contribution in [0.1, 0.15) is 25.5 Å². The zero-order chi connectivity index (χ0) is 17.5. The number of nitrogens with zero attached hydrogens (tertiary/aromatic N) is 3. The number of piperidine rings is 1. The molecule has 1 aliphatic rings. The maximum absolute atomic E-state index is 12.3. The molecular formula is C19H26N4O2. The summed E-state index contributed by atoms with van der Waals surface area (Å²) in [4.78, 5) is 14.2. The van der Waals surface area contributed by atoms with E-state index in [1.165, 1.54) is 0 Å². The number of aromatic nitrogens is 2. The number of ether oxygens (including phenoxy) is 1. The molecule has 0 unspecified atom stereocenters. The third-order valence-corrected chi connectivity index (χ3v) is 4.39. The predicted molar refractivity (Wildman–Crippen MR) is 96.9 cm³/mol. The second kappa shape index (κ2) is 8.67. The van der Waals surface area contributed by atoms with Gasteiger partial charge in [-0.25, -0.2) is 9.48 Å². The molecule has 0 bridgehead atoms. The van der Waals surface area contributed by atoms with E-state index in [2.05, 4.69) is 10.4 Å². The van der Waals surface area contributed by atoms with Crippen LogP contribution >= 0.6 is 0 Å². The first kappa shape index (κ1) is 17.5. The fourth-order valence-electron chi connectivity index (χ4n) is 3.12. The van der Waals surface area contributed by atoms with Crippen LogP contribution in [0.5, 0.6) is 0 Å². The predicted octanol–water partition coefficient (Wildman–Crippen LogP) is 2.63. The maximum atomic E-state index is 12.3. The van der Waals surface area contributed by atoms with Gasteiger partial charge in [0.15, 0.2) is 0 Å². The highest BCUT2D eigenvalue weighted by atomic mass is 16.5. The lowest BCUT2D eigenvalue weighted by molar-refractivity contribution is 0.0165. The number of nitrogens with one attached hydrogen (secondary N) is 1. The first-order valence-electron chi connectivity index (χ1n) is 9.00. The number of para-hydroxylation sites is 1. The van der Waals surface area contributed by atoms with E-state index in [1.807, 2.05) is 59.1 Å². The van der Waals surface area contributed by atoms with Gasteiger partial charge in [0.2, 0.25) is 0 Å². The highest BCUT2D eigenvalue weighted by Crippen LogP contribution is 2.13. The van der Waals surface area contributed by atoms with Gasteiger partial charge in [-0.1, -0.05) is 18.2 Å². The minimum atomic E-state index is -0.00750. The minimum absolute atomic E-state index is 0.00750. The van der Waals surface area contributed by atoms with E-state index in [0.717, 1.165) is 30.8 Å². The SMILES string of the molecule is CCO[C@@H]1CCCN(C(=O)NCCc2ccn(-c3ccccc3)n2)C1. The van der Waals surface area contributed by atoms with Crippen LogP contribution in [0.2, 0.25) is 0 Å². The van der Waals surface area contributed by atoms with E-state index in [0.29, 0.717) is 26.1 Å². The van der Waals surface area contributed by atoms with Crippen molar-refractivity contribution in [2.75, 3.05) is 26.2 Å². The third-order valence-electron chi connectivity index (χ3n) is 4.39. The normalized spacial score (nSPS) is 17.5. The molecule has 134 valence electrons. The second-order valence-electron chi connectivity index (χ2n) is 6.23. The number of carbonyl (C=O) groups excluding carboxylic acids is 1. The topological polar surface area (TPSA) is 59.4 Å². The molecule has 2 heterocycles. The smallest absolute Gasteiger partial charge is 0.317 e. The van der Waals surface area contributed by atoms with Crippen LogP contribution in [0.4, 0.5) is 4.79 Å². The molecule has 1 N–H and O–H groups in total. The van der Waals surface area contributed by atoms with E-state index in [4.69, 9.17) is 4.74 Å². The number of urea groups is 1. The van der Waals surface area contributed by atoms with E-state index in [9.17, 15) is 4.79 Å². The summed E-state index contributed by atoms with van der Waals surface area (Å²) >= 11 is 0. The lowest BCUT2D eigenvalue weighted by atomic mass is 10.1. The molecule has 1 atom stereocenters. The lowest BCUT2D eigenvalue weighted by Gasteiger charge is -2.32. The van der Waals surface area contributed by atoms with Gasteiger partial charge in [0.05, 0.1) is 17.5 Å². The Bertz CT molecular complexity index is 669. The monoisotopic (exact) mass is 342 g/mol. The summed E-state index contributed by atoms with van der Waals surface area (Å²) in [6.45, 7) is 4.76. The number of rotatable bonds is 6. The Morgan fingerprint density at radius 3 is 2.96 bits per heavy atom. The van der Waals surface area contributed by atoms with Crippen molar-refractivity contribution >= 4 is 6.03 Å². The average molecular weight is 342 g/mol. The Labute approximate surface area is 148 Å². The van der Waals surface area contributed by atoms with Gasteiger partial charge in [-0.05, 0) is 38.0 Å². The van der Waals surface area contributed by atoms with Gasteiger partial charge < -0.3 is 15.0 Å². The Kier molecular flexibility index (Phi) is 6.06. The van der Waals surface area contributed by atoms with Crippen LogP contribution in [0.25, 0.3) is 5.69 Å². The molecule has 6 heteroatoms. The van der Waals surface area contributed by atoms with Gasteiger partial charge >= 0.3 is 6.03 Å². The fraction of sp³-hybridized carbons (Fsp3) is 0.474. The number of carbonyl (C=O) groups is 1. The van der Waals surface area contributed by atoms with Gasteiger partial charge in [0.1, 0.15) is 0 Å². The van der Waals surface area contributed by atoms with E-state index in [-0.39, 0.29) is 12.1 Å². The molecule has 0 radical (unpaired) electrons. The summed E-state index contributed by atoms with van der Waals surface area (Å²) in [5.74, 6) is 0. The molecule has 3 rings (SSSR count).